The minimum atomic E-state index is 0.0748. The average Bonchev–Trinajstić information content (AvgIpc) is 2.81. The Hall–Kier alpha value is -0.480. The molecule has 3 nitrogen and oxygen atoms in total. The lowest BCUT2D eigenvalue weighted by Gasteiger charge is -2.01. The molecule has 0 amide bonds. The van der Waals surface area contributed by atoms with Crippen molar-refractivity contribution in [3.05, 3.63) is 10.0 Å². The van der Waals surface area contributed by atoms with Crippen LogP contribution in [0.5, 0.6) is 0 Å². The van der Waals surface area contributed by atoms with Crippen LogP contribution in [-0.2, 0) is 6.42 Å². The number of unbranched alkanes of at least 4 members (excludes halogenated alkanes) is 5. The van der Waals surface area contributed by atoms with Gasteiger partial charge in [0.1, 0.15) is 10.0 Å². The fourth-order valence-corrected chi connectivity index (χ4v) is 2.72. The van der Waals surface area contributed by atoms with Gasteiger partial charge in [-0.25, -0.2) is 0 Å². The van der Waals surface area contributed by atoms with Crippen molar-refractivity contribution in [2.75, 3.05) is 0 Å². The van der Waals surface area contributed by atoms with E-state index in [4.69, 9.17) is 5.73 Å². The topological polar surface area (TPSA) is 51.8 Å². The number of aryl methyl sites for hydroxylation is 1. The van der Waals surface area contributed by atoms with E-state index < -0.39 is 0 Å². The summed E-state index contributed by atoms with van der Waals surface area (Å²) in [5, 5.41) is 10.5. The highest BCUT2D eigenvalue weighted by Gasteiger charge is 2.09. The maximum absolute atomic E-state index is 5.93. The molecule has 0 aliphatic heterocycles. The lowest BCUT2D eigenvalue weighted by atomic mass is 10.1. The Kier molecular flexibility index (Phi) is 7.37. The molecule has 0 fully saturated rings. The lowest BCUT2D eigenvalue weighted by Crippen LogP contribution is -2.07. The molecule has 0 bridgehead atoms. The molecule has 0 saturated heterocycles. The molecule has 0 spiro atoms. The van der Waals surface area contributed by atoms with Gasteiger partial charge in [-0.3, -0.25) is 0 Å². The van der Waals surface area contributed by atoms with Crippen LogP contribution in [0.15, 0.2) is 0 Å². The molecule has 0 radical (unpaired) electrons. The van der Waals surface area contributed by atoms with Gasteiger partial charge in [0.15, 0.2) is 0 Å². The number of nitrogens with zero attached hydrogens (tertiary/aromatic N) is 2. The molecule has 1 rings (SSSR count). The second kappa shape index (κ2) is 8.59. The van der Waals surface area contributed by atoms with Gasteiger partial charge in [-0.05, 0) is 12.8 Å². The molecule has 1 aromatic rings. The second-order valence-corrected chi connectivity index (χ2v) is 5.66. The highest BCUT2D eigenvalue weighted by molar-refractivity contribution is 7.11. The van der Waals surface area contributed by atoms with Crippen LogP contribution in [0, 0.1) is 0 Å². The summed E-state index contributed by atoms with van der Waals surface area (Å²) in [6, 6.07) is 0.0748. The van der Waals surface area contributed by atoms with Crippen LogP contribution in [0.3, 0.4) is 0 Å². The highest BCUT2D eigenvalue weighted by atomic mass is 32.1. The molecular formula is C13H25N3S. The molecular weight excluding hydrogens is 230 g/mol. The number of rotatable bonds is 9. The summed E-state index contributed by atoms with van der Waals surface area (Å²) in [4.78, 5) is 0. The van der Waals surface area contributed by atoms with E-state index in [0.717, 1.165) is 22.9 Å². The van der Waals surface area contributed by atoms with E-state index in [0.29, 0.717) is 0 Å². The van der Waals surface area contributed by atoms with Gasteiger partial charge in [-0.2, -0.15) is 0 Å². The third kappa shape index (κ3) is 5.59. The number of hydrogen-bond acceptors (Lipinski definition) is 4. The first-order valence-corrected chi connectivity index (χ1v) is 7.67. The van der Waals surface area contributed by atoms with E-state index in [1.54, 1.807) is 11.3 Å². The number of nitrogens with two attached hydrogens (primary N) is 1. The van der Waals surface area contributed by atoms with Gasteiger partial charge in [-0.1, -0.05) is 57.3 Å². The van der Waals surface area contributed by atoms with Crippen molar-refractivity contribution in [1.29, 1.82) is 0 Å². The van der Waals surface area contributed by atoms with E-state index in [9.17, 15) is 0 Å². The van der Waals surface area contributed by atoms with Gasteiger partial charge in [0.25, 0.3) is 0 Å². The normalized spacial score (nSPS) is 12.9. The summed E-state index contributed by atoms with van der Waals surface area (Å²) in [5.41, 5.74) is 5.93. The third-order valence-corrected chi connectivity index (χ3v) is 4.10. The van der Waals surface area contributed by atoms with E-state index in [1.165, 1.54) is 38.5 Å². The zero-order chi connectivity index (χ0) is 12.5. The summed E-state index contributed by atoms with van der Waals surface area (Å²) < 4.78 is 0. The summed E-state index contributed by atoms with van der Waals surface area (Å²) in [6.07, 6.45) is 9.97. The third-order valence-electron chi connectivity index (χ3n) is 2.98. The number of hydrogen-bond donors (Lipinski definition) is 1. The van der Waals surface area contributed by atoms with E-state index in [-0.39, 0.29) is 6.04 Å². The highest BCUT2D eigenvalue weighted by Crippen LogP contribution is 2.20. The SMILES string of the molecule is CCCCCCCCc1nnc(C(N)CC)s1. The van der Waals surface area contributed by atoms with Crippen molar-refractivity contribution in [2.45, 2.75) is 71.3 Å². The van der Waals surface area contributed by atoms with Gasteiger partial charge in [0.05, 0.1) is 6.04 Å². The summed E-state index contributed by atoms with van der Waals surface area (Å²) in [6.45, 7) is 4.33. The van der Waals surface area contributed by atoms with E-state index >= 15 is 0 Å². The summed E-state index contributed by atoms with van der Waals surface area (Å²) in [7, 11) is 0. The fourth-order valence-electron chi connectivity index (χ4n) is 1.75. The predicted octanol–water partition coefficient (Wildman–Crippen LogP) is 3.85. The molecule has 98 valence electrons. The molecule has 1 unspecified atom stereocenters. The van der Waals surface area contributed by atoms with Crippen molar-refractivity contribution in [3.63, 3.8) is 0 Å². The van der Waals surface area contributed by atoms with Crippen LogP contribution in [0.4, 0.5) is 0 Å². The van der Waals surface area contributed by atoms with Crippen LogP contribution < -0.4 is 5.73 Å². The Labute approximate surface area is 109 Å². The smallest absolute Gasteiger partial charge is 0.134 e. The zero-order valence-corrected chi connectivity index (χ0v) is 11.9. The Bertz CT molecular complexity index is 299. The lowest BCUT2D eigenvalue weighted by molar-refractivity contribution is 0.605. The largest absolute Gasteiger partial charge is 0.322 e. The first-order valence-electron chi connectivity index (χ1n) is 6.85. The van der Waals surface area contributed by atoms with Crippen molar-refractivity contribution in [2.24, 2.45) is 5.73 Å². The first-order chi connectivity index (χ1) is 8.27. The second-order valence-electron chi connectivity index (χ2n) is 4.57. The molecule has 0 aliphatic rings. The molecule has 0 saturated carbocycles. The van der Waals surface area contributed by atoms with Crippen LogP contribution in [0.25, 0.3) is 0 Å². The van der Waals surface area contributed by atoms with E-state index in [2.05, 4.69) is 24.0 Å². The maximum Gasteiger partial charge on any atom is 0.134 e. The van der Waals surface area contributed by atoms with Crippen LogP contribution in [-0.4, -0.2) is 10.2 Å². The Morgan fingerprint density at radius 1 is 1.06 bits per heavy atom. The quantitative estimate of drug-likeness (QED) is 0.682. The molecule has 1 aromatic heterocycles. The van der Waals surface area contributed by atoms with Gasteiger partial charge < -0.3 is 5.73 Å². The van der Waals surface area contributed by atoms with Gasteiger partial charge >= 0.3 is 0 Å². The number of aromatic nitrogens is 2. The van der Waals surface area contributed by atoms with Crippen molar-refractivity contribution < 1.29 is 0 Å². The van der Waals surface area contributed by atoms with Crippen LogP contribution in [0.2, 0.25) is 0 Å². The average molecular weight is 255 g/mol. The fraction of sp³-hybridized carbons (Fsp3) is 0.846. The van der Waals surface area contributed by atoms with Gasteiger partial charge in [-0.15, -0.1) is 10.2 Å². The standard InChI is InChI=1S/C13H25N3S/c1-3-5-6-7-8-9-10-12-15-16-13(17-12)11(14)4-2/h11H,3-10,14H2,1-2H3. The molecule has 4 heteroatoms. The Morgan fingerprint density at radius 2 is 1.76 bits per heavy atom. The Balaban J connectivity index is 2.16. The summed E-state index contributed by atoms with van der Waals surface area (Å²) >= 11 is 1.69. The molecule has 17 heavy (non-hydrogen) atoms. The van der Waals surface area contributed by atoms with Crippen LogP contribution >= 0.6 is 11.3 Å². The molecule has 1 heterocycles. The van der Waals surface area contributed by atoms with Gasteiger partial charge in [0.2, 0.25) is 0 Å². The Morgan fingerprint density at radius 3 is 2.47 bits per heavy atom. The molecule has 2 N–H and O–H groups in total. The molecule has 0 aromatic carbocycles. The van der Waals surface area contributed by atoms with E-state index in [1.807, 2.05) is 0 Å². The molecule has 1 atom stereocenters. The van der Waals surface area contributed by atoms with Crippen molar-refractivity contribution in [3.8, 4) is 0 Å². The van der Waals surface area contributed by atoms with Crippen molar-refractivity contribution in [1.82, 2.24) is 10.2 Å². The van der Waals surface area contributed by atoms with Crippen molar-refractivity contribution >= 4 is 11.3 Å². The maximum atomic E-state index is 5.93. The molecule has 0 aliphatic carbocycles. The van der Waals surface area contributed by atoms with Gasteiger partial charge in [0, 0.05) is 6.42 Å². The zero-order valence-electron chi connectivity index (χ0n) is 11.1. The minimum absolute atomic E-state index is 0.0748. The monoisotopic (exact) mass is 255 g/mol. The minimum Gasteiger partial charge on any atom is -0.322 e. The van der Waals surface area contributed by atoms with Crippen LogP contribution in [0.1, 0.15) is 74.9 Å². The summed E-state index contributed by atoms with van der Waals surface area (Å²) in [5.74, 6) is 0. The first kappa shape index (κ1) is 14.6. The predicted molar refractivity (Wildman–Crippen MR) is 74.2 cm³/mol.